The lowest BCUT2D eigenvalue weighted by atomic mass is 10.3. The van der Waals surface area contributed by atoms with Crippen molar-refractivity contribution in [3.63, 3.8) is 0 Å². The maximum atomic E-state index is 11.6. The van der Waals surface area contributed by atoms with Crippen molar-refractivity contribution < 1.29 is 9.53 Å². The summed E-state index contributed by atoms with van der Waals surface area (Å²) >= 11 is 0. The molecule has 0 radical (unpaired) electrons. The number of ether oxygens (including phenoxy) is 1. The molecule has 0 fully saturated rings. The second kappa shape index (κ2) is 5.08. The number of aryl methyl sites for hydroxylation is 2. The molecular weight excluding hydrogens is 272 g/mol. The van der Waals surface area contributed by atoms with Crippen LogP contribution in [0.3, 0.4) is 0 Å². The topological polar surface area (TPSA) is 92.8 Å². The van der Waals surface area contributed by atoms with Gasteiger partial charge in [-0.05, 0) is 19.1 Å². The molecule has 0 saturated heterocycles. The number of H-pyrrole nitrogens is 2. The molecule has 0 spiro atoms. The van der Waals surface area contributed by atoms with Crippen molar-refractivity contribution in [3.8, 4) is 0 Å². The van der Waals surface area contributed by atoms with Gasteiger partial charge in [0.2, 0.25) is 0 Å². The summed E-state index contributed by atoms with van der Waals surface area (Å²) in [5, 5.41) is 0. The van der Waals surface area contributed by atoms with Gasteiger partial charge in [0, 0.05) is 13.5 Å². The number of aromatic nitrogens is 4. The highest BCUT2D eigenvalue weighted by Gasteiger charge is 2.10. The summed E-state index contributed by atoms with van der Waals surface area (Å²) in [6.45, 7) is 2.17. The molecule has 3 aromatic rings. The Morgan fingerprint density at radius 1 is 1.33 bits per heavy atom. The smallest absolute Gasteiger partial charge is 0.326 e. The number of aromatic amines is 2. The van der Waals surface area contributed by atoms with E-state index in [1.807, 2.05) is 12.1 Å². The number of hydrogen-bond donors (Lipinski definition) is 2. The minimum absolute atomic E-state index is 0.153. The van der Waals surface area contributed by atoms with Crippen LogP contribution in [0.2, 0.25) is 0 Å². The van der Waals surface area contributed by atoms with Crippen LogP contribution in [0.15, 0.2) is 16.9 Å². The number of imidazole rings is 2. The molecule has 7 nitrogen and oxygen atoms in total. The normalized spacial score (nSPS) is 11.3. The predicted molar refractivity (Wildman–Crippen MR) is 78.1 cm³/mol. The second-order valence-corrected chi connectivity index (χ2v) is 4.86. The Hall–Kier alpha value is -2.57. The molecule has 0 aliphatic rings. The van der Waals surface area contributed by atoms with E-state index in [4.69, 9.17) is 4.74 Å². The maximum Gasteiger partial charge on any atom is 0.326 e. The van der Waals surface area contributed by atoms with Crippen molar-refractivity contribution in [2.45, 2.75) is 19.8 Å². The van der Waals surface area contributed by atoms with E-state index >= 15 is 0 Å². The number of nitrogens with one attached hydrogen (secondary N) is 2. The minimum Gasteiger partial charge on any atom is -0.466 e. The van der Waals surface area contributed by atoms with Crippen LogP contribution in [0.1, 0.15) is 19.2 Å². The minimum atomic E-state index is -0.229. The van der Waals surface area contributed by atoms with Crippen LogP contribution in [0.4, 0.5) is 0 Å². The summed E-state index contributed by atoms with van der Waals surface area (Å²) in [6.07, 6.45) is 0.796. The summed E-state index contributed by atoms with van der Waals surface area (Å²) < 4.78 is 6.44. The van der Waals surface area contributed by atoms with Gasteiger partial charge in [-0.3, -0.25) is 9.36 Å². The summed E-state index contributed by atoms with van der Waals surface area (Å²) in [6, 6.07) is 3.71. The zero-order chi connectivity index (χ0) is 15.0. The van der Waals surface area contributed by atoms with Gasteiger partial charge < -0.3 is 14.7 Å². The molecule has 1 aromatic carbocycles. The number of nitrogens with zero attached hydrogens (tertiary/aromatic N) is 2. The average molecular weight is 288 g/mol. The predicted octanol–water partition coefficient (Wildman–Crippen LogP) is 1.24. The van der Waals surface area contributed by atoms with Gasteiger partial charge in [-0.15, -0.1) is 0 Å². The fourth-order valence-corrected chi connectivity index (χ4v) is 2.36. The van der Waals surface area contributed by atoms with E-state index < -0.39 is 0 Å². The quantitative estimate of drug-likeness (QED) is 0.706. The number of rotatable bonds is 4. The Kier molecular flexibility index (Phi) is 3.25. The number of benzene rings is 1. The largest absolute Gasteiger partial charge is 0.466 e. The molecule has 0 aliphatic heterocycles. The molecule has 2 aromatic heterocycles. The standard InChI is InChI=1S/C14H16N4O3/c1-3-21-13(19)5-4-12-15-8-6-10-11(7-9(8)16-12)18(2)14(20)17-10/h6-7H,3-5H2,1-2H3,(H,15,16)(H,17,20). The van der Waals surface area contributed by atoms with Crippen molar-refractivity contribution >= 4 is 28.0 Å². The van der Waals surface area contributed by atoms with Gasteiger partial charge >= 0.3 is 11.7 Å². The first-order valence-corrected chi connectivity index (χ1v) is 6.81. The number of carbonyl (C=O) groups excluding carboxylic acids is 1. The van der Waals surface area contributed by atoms with Crippen molar-refractivity contribution in [1.29, 1.82) is 0 Å². The number of carbonyl (C=O) groups is 1. The first-order valence-electron chi connectivity index (χ1n) is 6.81. The first kappa shape index (κ1) is 13.4. The van der Waals surface area contributed by atoms with E-state index in [0.29, 0.717) is 19.4 Å². The van der Waals surface area contributed by atoms with E-state index in [1.165, 1.54) is 0 Å². The lowest BCUT2D eigenvalue weighted by Crippen LogP contribution is -2.11. The molecule has 110 valence electrons. The molecule has 0 atom stereocenters. The van der Waals surface area contributed by atoms with Crippen LogP contribution in [-0.2, 0) is 23.0 Å². The molecule has 0 bridgehead atoms. The van der Waals surface area contributed by atoms with Crippen molar-refractivity contribution in [2.24, 2.45) is 7.05 Å². The molecule has 3 rings (SSSR count). The lowest BCUT2D eigenvalue weighted by Gasteiger charge is -1.98. The van der Waals surface area contributed by atoms with Gasteiger partial charge in [-0.1, -0.05) is 0 Å². The molecule has 0 unspecified atom stereocenters. The Balaban J connectivity index is 1.91. The third kappa shape index (κ3) is 2.42. The number of esters is 1. The van der Waals surface area contributed by atoms with E-state index in [-0.39, 0.29) is 11.7 Å². The maximum absolute atomic E-state index is 11.6. The molecule has 21 heavy (non-hydrogen) atoms. The van der Waals surface area contributed by atoms with E-state index in [2.05, 4.69) is 15.0 Å². The van der Waals surface area contributed by atoms with Crippen LogP contribution in [0, 0.1) is 0 Å². The zero-order valence-electron chi connectivity index (χ0n) is 11.9. The van der Waals surface area contributed by atoms with Crippen molar-refractivity contribution in [1.82, 2.24) is 19.5 Å². The van der Waals surface area contributed by atoms with Gasteiger partial charge in [0.05, 0.1) is 35.1 Å². The Bertz CT molecular complexity index is 871. The fourth-order valence-electron chi connectivity index (χ4n) is 2.36. The van der Waals surface area contributed by atoms with Gasteiger partial charge in [0.25, 0.3) is 0 Å². The van der Waals surface area contributed by atoms with Crippen molar-refractivity contribution in [2.75, 3.05) is 6.61 Å². The Morgan fingerprint density at radius 3 is 2.90 bits per heavy atom. The van der Waals surface area contributed by atoms with Crippen LogP contribution in [-0.4, -0.2) is 32.1 Å². The zero-order valence-corrected chi connectivity index (χ0v) is 11.9. The highest BCUT2D eigenvalue weighted by Crippen LogP contribution is 2.19. The Labute approximate surface area is 119 Å². The second-order valence-electron chi connectivity index (χ2n) is 4.86. The van der Waals surface area contributed by atoms with E-state index in [9.17, 15) is 9.59 Å². The average Bonchev–Trinajstić information content (AvgIpc) is 2.96. The van der Waals surface area contributed by atoms with Gasteiger partial charge in [-0.25, -0.2) is 9.78 Å². The lowest BCUT2D eigenvalue weighted by molar-refractivity contribution is -0.143. The third-order valence-electron chi connectivity index (χ3n) is 3.43. The van der Waals surface area contributed by atoms with Crippen LogP contribution < -0.4 is 5.69 Å². The van der Waals surface area contributed by atoms with E-state index in [0.717, 1.165) is 27.9 Å². The Morgan fingerprint density at radius 2 is 2.14 bits per heavy atom. The first-order chi connectivity index (χ1) is 10.1. The molecule has 0 aliphatic carbocycles. The molecular formula is C14H16N4O3. The van der Waals surface area contributed by atoms with Gasteiger partial charge in [0.15, 0.2) is 0 Å². The molecule has 0 saturated carbocycles. The monoisotopic (exact) mass is 288 g/mol. The number of hydrogen-bond acceptors (Lipinski definition) is 4. The number of fused-ring (bicyclic) bond motifs is 2. The van der Waals surface area contributed by atoms with Crippen LogP contribution in [0.25, 0.3) is 22.1 Å². The molecule has 2 heterocycles. The highest BCUT2D eigenvalue weighted by molar-refractivity contribution is 5.91. The summed E-state index contributed by atoms with van der Waals surface area (Å²) in [5.41, 5.74) is 3.02. The molecule has 7 heteroatoms. The SMILES string of the molecule is CCOC(=O)CCc1nc2cc3c(cc2[nH]1)[nH]c(=O)n3C. The van der Waals surface area contributed by atoms with Gasteiger partial charge in [0.1, 0.15) is 5.82 Å². The fraction of sp³-hybridized carbons (Fsp3) is 0.357. The molecule has 2 N–H and O–H groups in total. The van der Waals surface area contributed by atoms with Crippen LogP contribution in [0.5, 0.6) is 0 Å². The van der Waals surface area contributed by atoms with Gasteiger partial charge in [-0.2, -0.15) is 0 Å². The van der Waals surface area contributed by atoms with Crippen LogP contribution >= 0.6 is 0 Å². The van der Waals surface area contributed by atoms with E-state index in [1.54, 1.807) is 18.5 Å². The molecule has 0 amide bonds. The summed E-state index contributed by atoms with van der Waals surface area (Å²) in [7, 11) is 1.71. The summed E-state index contributed by atoms with van der Waals surface area (Å²) in [5.74, 6) is 0.503. The summed E-state index contributed by atoms with van der Waals surface area (Å²) in [4.78, 5) is 33.3. The third-order valence-corrected chi connectivity index (χ3v) is 3.43. The van der Waals surface area contributed by atoms with Crippen molar-refractivity contribution in [3.05, 3.63) is 28.4 Å². The highest BCUT2D eigenvalue weighted by atomic mass is 16.5.